The maximum atomic E-state index is 3.50. The summed E-state index contributed by atoms with van der Waals surface area (Å²) >= 11 is 0. The molecule has 2 nitrogen and oxygen atoms in total. The van der Waals surface area contributed by atoms with E-state index in [4.69, 9.17) is 0 Å². The Kier molecular flexibility index (Phi) is 10.8. The summed E-state index contributed by atoms with van der Waals surface area (Å²) in [6.07, 6.45) is 3.93. The number of nitrogens with zero attached hydrogens (tertiary/aromatic N) is 1. The van der Waals surface area contributed by atoms with Gasteiger partial charge in [-0.15, -0.1) is 0 Å². The molecule has 0 saturated carbocycles. The van der Waals surface area contributed by atoms with Gasteiger partial charge in [0.15, 0.2) is 0 Å². The van der Waals surface area contributed by atoms with E-state index in [1.165, 1.54) is 38.9 Å². The maximum Gasteiger partial charge on any atom is 0.00103 e. The molecule has 0 radical (unpaired) electrons. The van der Waals surface area contributed by atoms with Gasteiger partial charge in [-0.25, -0.2) is 0 Å². The highest BCUT2D eigenvalue weighted by Crippen LogP contribution is 2.07. The zero-order valence-corrected chi connectivity index (χ0v) is 13.6. The molecule has 2 heteroatoms. The Morgan fingerprint density at radius 3 is 1.67 bits per heavy atom. The Balaban J connectivity index is 3.81. The van der Waals surface area contributed by atoms with Gasteiger partial charge < -0.3 is 10.2 Å². The number of hydrogen-bond acceptors (Lipinski definition) is 2. The van der Waals surface area contributed by atoms with Crippen LogP contribution < -0.4 is 5.32 Å². The van der Waals surface area contributed by atoms with E-state index in [1.807, 2.05) is 0 Å². The molecule has 110 valence electrons. The first-order valence-corrected chi connectivity index (χ1v) is 7.87. The molecule has 0 aromatic carbocycles. The average Bonchev–Trinajstić information content (AvgIpc) is 2.25. The highest BCUT2D eigenvalue weighted by Gasteiger charge is 2.07. The van der Waals surface area contributed by atoms with Crippen LogP contribution >= 0.6 is 0 Å². The summed E-state index contributed by atoms with van der Waals surface area (Å²) in [4.78, 5) is 2.65. The molecule has 0 aromatic rings. The Bertz CT molecular complexity index is 164. The first-order chi connectivity index (χ1) is 8.41. The Morgan fingerprint density at radius 2 is 1.28 bits per heavy atom. The fourth-order valence-electron chi connectivity index (χ4n) is 1.91. The number of nitrogens with one attached hydrogen (secondary N) is 1. The quantitative estimate of drug-likeness (QED) is 0.566. The molecule has 18 heavy (non-hydrogen) atoms. The van der Waals surface area contributed by atoms with E-state index >= 15 is 0 Å². The predicted octanol–water partition coefficient (Wildman–Crippen LogP) is 3.77. The van der Waals surface area contributed by atoms with E-state index in [-0.39, 0.29) is 0 Å². The molecule has 0 bridgehead atoms. The van der Waals surface area contributed by atoms with Crippen molar-refractivity contribution in [1.29, 1.82) is 0 Å². The number of rotatable bonds is 11. The van der Waals surface area contributed by atoms with Crippen LogP contribution in [-0.2, 0) is 0 Å². The Hall–Kier alpha value is -0.0800. The van der Waals surface area contributed by atoms with Gasteiger partial charge in [-0.2, -0.15) is 0 Å². The molecule has 0 unspecified atom stereocenters. The van der Waals surface area contributed by atoms with Gasteiger partial charge in [-0.05, 0) is 57.3 Å². The van der Waals surface area contributed by atoms with Crippen LogP contribution in [0.5, 0.6) is 0 Å². The van der Waals surface area contributed by atoms with E-state index in [1.54, 1.807) is 0 Å². The SMILES string of the molecule is CC(C)CCN(CCCNC(C)C)CCC(C)C. The second-order valence-electron chi connectivity index (χ2n) is 6.67. The largest absolute Gasteiger partial charge is 0.314 e. The summed E-state index contributed by atoms with van der Waals surface area (Å²) in [6.45, 7) is 18.7. The second kappa shape index (κ2) is 10.8. The molecule has 0 aliphatic heterocycles. The molecule has 0 aromatic heterocycles. The van der Waals surface area contributed by atoms with Gasteiger partial charge in [0.05, 0.1) is 0 Å². The third kappa shape index (κ3) is 12.4. The van der Waals surface area contributed by atoms with Gasteiger partial charge in [-0.3, -0.25) is 0 Å². The van der Waals surface area contributed by atoms with Crippen molar-refractivity contribution in [2.24, 2.45) is 11.8 Å². The molecule has 0 amide bonds. The smallest absolute Gasteiger partial charge is 0.00103 e. The van der Waals surface area contributed by atoms with Crippen LogP contribution in [0.3, 0.4) is 0 Å². The molecule has 0 aliphatic rings. The van der Waals surface area contributed by atoms with E-state index in [0.29, 0.717) is 6.04 Å². The van der Waals surface area contributed by atoms with Gasteiger partial charge in [0.25, 0.3) is 0 Å². The van der Waals surface area contributed by atoms with Crippen LogP contribution in [0.25, 0.3) is 0 Å². The first-order valence-electron chi connectivity index (χ1n) is 7.87. The zero-order chi connectivity index (χ0) is 14.0. The topological polar surface area (TPSA) is 15.3 Å². The lowest BCUT2D eigenvalue weighted by molar-refractivity contribution is 0.239. The van der Waals surface area contributed by atoms with Crippen LogP contribution in [0.15, 0.2) is 0 Å². The summed E-state index contributed by atoms with van der Waals surface area (Å²) < 4.78 is 0. The molecule has 0 rings (SSSR count). The monoisotopic (exact) mass is 256 g/mol. The Labute approximate surface area is 116 Å². The van der Waals surface area contributed by atoms with E-state index in [0.717, 1.165) is 18.4 Å². The predicted molar refractivity (Wildman–Crippen MR) is 83.1 cm³/mol. The summed E-state index contributed by atoms with van der Waals surface area (Å²) in [5.41, 5.74) is 0. The molecule has 0 heterocycles. The van der Waals surface area contributed by atoms with Crippen LogP contribution in [0, 0.1) is 11.8 Å². The summed E-state index contributed by atoms with van der Waals surface area (Å²) in [7, 11) is 0. The third-order valence-electron chi connectivity index (χ3n) is 3.25. The average molecular weight is 256 g/mol. The number of hydrogen-bond donors (Lipinski definition) is 1. The van der Waals surface area contributed by atoms with Crippen molar-refractivity contribution in [3.63, 3.8) is 0 Å². The Morgan fingerprint density at radius 1 is 0.778 bits per heavy atom. The minimum absolute atomic E-state index is 0.616. The lowest BCUT2D eigenvalue weighted by Gasteiger charge is -2.24. The highest BCUT2D eigenvalue weighted by atomic mass is 15.1. The molecule has 0 saturated heterocycles. The molecule has 0 fully saturated rings. The van der Waals surface area contributed by atoms with E-state index < -0.39 is 0 Å². The normalized spacial score (nSPS) is 12.3. The third-order valence-corrected chi connectivity index (χ3v) is 3.25. The highest BCUT2D eigenvalue weighted by molar-refractivity contribution is 4.63. The van der Waals surface area contributed by atoms with Crippen LogP contribution in [-0.4, -0.2) is 37.1 Å². The van der Waals surface area contributed by atoms with E-state index in [9.17, 15) is 0 Å². The molecular weight excluding hydrogens is 220 g/mol. The molecule has 1 N–H and O–H groups in total. The van der Waals surface area contributed by atoms with Crippen molar-refractivity contribution in [3.05, 3.63) is 0 Å². The van der Waals surface area contributed by atoms with Crippen molar-refractivity contribution in [2.45, 2.75) is 66.8 Å². The van der Waals surface area contributed by atoms with Crippen LogP contribution in [0.1, 0.15) is 60.8 Å². The summed E-state index contributed by atoms with van der Waals surface area (Å²) in [6, 6.07) is 0.616. The van der Waals surface area contributed by atoms with Crippen molar-refractivity contribution in [1.82, 2.24) is 10.2 Å². The fourth-order valence-corrected chi connectivity index (χ4v) is 1.91. The summed E-state index contributed by atoms with van der Waals surface area (Å²) in [5, 5.41) is 3.50. The van der Waals surface area contributed by atoms with Crippen molar-refractivity contribution < 1.29 is 0 Å². The van der Waals surface area contributed by atoms with Gasteiger partial charge >= 0.3 is 0 Å². The van der Waals surface area contributed by atoms with Gasteiger partial charge in [0.2, 0.25) is 0 Å². The van der Waals surface area contributed by atoms with Crippen molar-refractivity contribution >= 4 is 0 Å². The second-order valence-corrected chi connectivity index (χ2v) is 6.67. The molecular formula is C16H36N2. The van der Waals surface area contributed by atoms with E-state index in [2.05, 4.69) is 51.8 Å². The first kappa shape index (κ1) is 17.9. The zero-order valence-electron chi connectivity index (χ0n) is 13.6. The lowest BCUT2D eigenvalue weighted by Crippen LogP contribution is -2.32. The molecule has 0 aliphatic carbocycles. The minimum Gasteiger partial charge on any atom is -0.314 e. The van der Waals surface area contributed by atoms with Crippen LogP contribution in [0.2, 0.25) is 0 Å². The fraction of sp³-hybridized carbons (Fsp3) is 1.00. The maximum absolute atomic E-state index is 3.50. The van der Waals surface area contributed by atoms with Gasteiger partial charge in [-0.1, -0.05) is 41.5 Å². The van der Waals surface area contributed by atoms with Gasteiger partial charge in [0.1, 0.15) is 0 Å². The standard InChI is InChI=1S/C16H36N2/c1-14(2)8-12-18(13-9-15(3)4)11-7-10-17-16(5)6/h14-17H,7-13H2,1-6H3. The van der Waals surface area contributed by atoms with Crippen molar-refractivity contribution in [3.8, 4) is 0 Å². The van der Waals surface area contributed by atoms with Crippen LogP contribution in [0.4, 0.5) is 0 Å². The lowest BCUT2D eigenvalue weighted by atomic mass is 10.1. The van der Waals surface area contributed by atoms with Crippen molar-refractivity contribution in [2.75, 3.05) is 26.2 Å². The van der Waals surface area contributed by atoms with Gasteiger partial charge in [0, 0.05) is 6.04 Å². The molecule has 0 atom stereocenters. The molecule has 0 spiro atoms. The summed E-state index contributed by atoms with van der Waals surface area (Å²) in [5.74, 6) is 1.64. The minimum atomic E-state index is 0.616.